The first-order valence-electron chi connectivity index (χ1n) is 8.16. The summed E-state index contributed by atoms with van der Waals surface area (Å²) in [6.07, 6.45) is 0. The van der Waals surface area contributed by atoms with Gasteiger partial charge in [0.15, 0.2) is 0 Å². The third-order valence-electron chi connectivity index (χ3n) is 4.14. The average molecular weight is 388 g/mol. The SMILES string of the molecule is CC(C)N(C)S(=O)(=O)c1ccc(CNc2ccc([N+](=O)[O-])cc2C#N)cc1. The van der Waals surface area contributed by atoms with E-state index in [0.29, 0.717) is 12.2 Å². The van der Waals surface area contributed by atoms with Crippen LogP contribution in [0.2, 0.25) is 0 Å². The fraction of sp³-hybridized carbons (Fsp3) is 0.278. The standard InChI is InChI=1S/C18H20N4O4S/c1-13(2)21(3)27(25,26)17-7-4-14(5-8-17)12-20-18-9-6-16(22(23)24)10-15(18)11-19/h4-10,13,20H,12H2,1-3H3. The van der Waals surface area contributed by atoms with Crippen LogP contribution in [0.4, 0.5) is 11.4 Å². The van der Waals surface area contributed by atoms with E-state index in [-0.39, 0.29) is 22.2 Å². The number of benzene rings is 2. The van der Waals surface area contributed by atoms with Crippen molar-refractivity contribution in [1.29, 1.82) is 5.26 Å². The number of anilines is 1. The molecule has 142 valence electrons. The van der Waals surface area contributed by atoms with E-state index >= 15 is 0 Å². The van der Waals surface area contributed by atoms with Crippen LogP contribution in [-0.4, -0.2) is 30.7 Å². The maximum atomic E-state index is 12.5. The van der Waals surface area contributed by atoms with E-state index in [1.165, 1.54) is 41.7 Å². The molecular formula is C18H20N4O4S. The van der Waals surface area contributed by atoms with E-state index < -0.39 is 14.9 Å². The van der Waals surface area contributed by atoms with E-state index in [2.05, 4.69) is 5.32 Å². The zero-order chi connectivity index (χ0) is 20.2. The molecule has 8 nitrogen and oxygen atoms in total. The van der Waals surface area contributed by atoms with Crippen LogP contribution in [0.5, 0.6) is 0 Å². The normalized spacial score (nSPS) is 11.4. The molecule has 0 bridgehead atoms. The molecule has 1 N–H and O–H groups in total. The van der Waals surface area contributed by atoms with Crippen LogP contribution in [0, 0.1) is 21.4 Å². The Hall–Kier alpha value is -2.96. The lowest BCUT2D eigenvalue weighted by molar-refractivity contribution is -0.384. The minimum absolute atomic E-state index is 0.150. The highest BCUT2D eigenvalue weighted by Crippen LogP contribution is 2.22. The highest BCUT2D eigenvalue weighted by molar-refractivity contribution is 7.89. The summed E-state index contributed by atoms with van der Waals surface area (Å²) in [6.45, 7) is 3.94. The Balaban J connectivity index is 2.15. The third kappa shape index (κ3) is 4.61. The quantitative estimate of drug-likeness (QED) is 0.575. The number of hydrogen-bond donors (Lipinski definition) is 1. The Bertz CT molecular complexity index is 979. The average Bonchev–Trinajstić information content (AvgIpc) is 2.65. The van der Waals surface area contributed by atoms with Gasteiger partial charge in [-0.3, -0.25) is 10.1 Å². The van der Waals surface area contributed by atoms with Gasteiger partial charge in [0, 0.05) is 31.8 Å². The monoisotopic (exact) mass is 388 g/mol. The van der Waals surface area contributed by atoms with E-state index in [1.54, 1.807) is 26.0 Å². The van der Waals surface area contributed by atoms with Crippen LogP contribution in [0.3, 0.4) is 0 Å². The molecule has 0 aliphatic rings. The van der Waals surface area contributed by atoms with Gasteiger partial charge in [0.25, 0.3) is 5.69 Å². The number of nitro benzene ring substituents is 1. The van der Waals surface area contributed by atoms with Gasteiger partial charge < -0.3 is 5.32 Å². The largest absolute Gasteiger partial charge is 0.380 e. The number of sulfonamides is 1. The smallest absolute Gasteiger partial charge is 0.270 e. The summed E-state index contributed by atoms with van der Waals surface area (Å²) in [5, 5.41) is 23.0. The lowest BCUT2D eigenvalue weighted by Crippen LogP contribution is -2.33. The van der Waals surface area contributed by atoms with Crippen LogP contribution >= 0.6 is 0 Å². The van der Waals surface area contributed by atoms with Gasteiger partial charge in [0.2, 0.25) is 10.0 Å². The fourth-order valence-electron chi connectivity index (χ4n) is 2.31. The number of nitrogens with one attached hydrogen (secondary N) is 1. The summed E-state index contributed by atoms with van der Waals surface area (Å²) >= 11 is 0. The second kappa shape index (κ2) is 8.16. The van der Waals surface area contributed by atoms with Crippen molar-refractivity contribution < 1.29 is 13.3 Å². The van der Waals surface area contributed by atoms with Crippen LogP contribution < -0.4 is 5.32 Å². The molecule has 0 saturated heterocycles. The van der Waals surface area contributed by atoms with Gasteiger partial charge in [-0.1, -0.05) is 12.1 Å². The summed E-state index contributed by atoms with van der Waals surface area (Å²) in [6, 6.07) is 12.2. The van der Waals surface area contributed by atoms with E-state index in [0.717, 1.165) is 5.56 Å². The first-order valence-corrected chi connectivity index (χ1v) is 9.60. The zero-order valence-corrected chi connectivity index (χ0v) is 16.0. The van der Waals surface area contributed by atoms with Crippen molar-refractivity contribution in [3.63, 3.8) is 0 Å². The molecule has 2 rings (SSSR count). The molecule has 0 unspecified atom stereocenters. The lowest BCUT2D eigenvalue weighted by Gasteiger charge is -2.21. The number of non-ortho nitro benzene ring substituents is 1. The summed E-state index contributed by atoms with van der Waals surface area (Å²) < 4.78 is 26.2. The van der Waals surface area contributed by atoms with Crippen molar-refractivity contribution in [3.8, 4) is 6.07 Å². The molecular weight excluding hydrogens is 368 g/mol. The number of hydrogen-bond acceptors (Lipinski definition) is 6. The highest BCUT2D eigenvalue weighted by Gasteiger charge is 2.22. The van der Waals surface area contributed by atoms with Gasteiger partial charge >= 0.3 is 0 Å². The molecule has 2 aromatic rings. The third-order valence-corrected chi connectivity index (χ3v) is 6.19. The molecule has 27 heavy (non-hydrogen) atoms. The van der Waals surface area contributed by atoms with Gasteiger partial charge in [0.1, 0.15) is 6.07 Å². The maximum Gasteiger partial charge on any atom is 0.270 e. The molecule has 0 heterocycles. The van der Waals surface area contributed by atoms with E-state index in [9.17, 15) is 18.5 Å². The fourth-order valence-corrected chi connectivity index (χ4v) is 3.68. The lowest BCUT2D eigenvalue weighted by atomic mass is 10.1. The van der Waals surface area contributed by atoms with Crippen molar-refractivity contribution in [2.45, 2.75) is 31.3 Å². The van der Waals surface area contributed by atoms with Crippen LogP contribution in [0.15, 0.2) is 47.4 Å². The van der Waals surface area contributed by atoms with Gasteiger partial charge in [-0.15, -0.1) is 0 Å². The molecule has 0 fully saturated rings. The molecule has 0 spiro atoms. The van der Waals surface area contributed by atoms with Crippen molar-refractivity contribution >= 4 is 21.4 Å². The molecule has 0 radical (unpaired) electrons. The molecule has 0 amide bonds. The van der Waals surface area contributed by atoms with Crippen molar-refractivity contribution in [1.82, 2.24) is 4.31 Å². The summed E-state index contributed by atoms with van der Waals surface area (Å²) in [7, 11) is -2.00. The second-order valence-corrected chi connectivity index (χ2v) is 8.21. The second-order valence-electron chi connectivity index (χ2n) is 6.21. The minimum Gasteiger partial charge on any atom is -0.380 e. The Kier molecular flexibility index (Phi) is 6.15. The topological polar surface area (TPSA) is 116 Å². The molecule has 0 aliphatic carbocycles. The predicted octanol–water partition coefficient (Wildman–Crippen LogP) is 3.11. The summed E-state index contributed by atoms with van der Waals surface area (Å²) in [5.74, 6) is 0. The molecule has 9 heteroatoms. The number of nitrogens with zero attached hydrogens (tertiary/aromatic N) is 3. The predicted molar refractivity (Wildman–Crippen MR) is 102 cm³/mol. The molecule has 0 aliphatic heterocycles. The minimum atomic E-state index is -3.54. The maximum absolute atomic E-state index is 12.5. The Morgan fingerprint density at radius 2 is 1.85 bits per heavy atom. The molecule has 0 aromatic heterocycles. The number of nitriles is 1. The zero-order valence-electron chi connectivity index (χ0n) is 15.2. The number of nitro groups is 1. The molecule has 0 saturated carbocycles. The van der Waals surface area contributed by atoms with Crippen molar-refractivity contribution in [2.75, 3.05) is 12.4 Å². The summed E-state index contributed by atoms with van der Waals surface area (Å²) in [5.41, 5.74) is 1.30. The van der Waals surface area contributed by atoms with E-state index in [1.807, 2.05) is 6.07 Å². The highest BCUT2D eigenvalue weighted by atomic mass is 32.2. The summed E-state index contributed by atoms with van der Waals surface area (Å²) in [4.78, 5) is 10.4. The van der Waals surface area contributed by atoms with Crippen molar-refractivity contribution in [3.05, 3.63) is 63.7 Å². The van der Waals surface area contributed by atoms with E-state index in [4.69, 9.17) is 5.26 Å². The van der Waals surface area contributed by atoms with Crippen LogP contribution in [-0.2, 0) is 16.6 Å². The molecule has 2 aromatic carbocycles. The van der Waals surface area contributed by atoms with Gasteiger partial charge in [-0.2, -0.15) is 9.57 Å². The first kappa shape index (κ1) is 20.4. The van der Waals surface area contributed by atoms with Crippen LogP contribution in [0.1, 0.15) is 25.0 Å². The van der Waals surface area contributed by atoms with Crippen molar-refractivity contribution in [2.24, 2.45) is 0 Å². The Labute approximate surface area is 158 Å². The van der Waals surface area contributed by atoms with Gasteiger partial charge in [-0.05, 0) is 37.6 Å². The van der Waals surface area contributed by atoms with Crippen LogP contribution in [0.25, 0.3) is 0 Å². The Morgan fingerprint density at radius 3 is 2.37 bits per heavy atom. The van der Waals surface area contributed by atoms with Gasteiger partial charge in [-0.25, -0.2) is 8.42 Å². The van der Waals surface area contributed by atoms with Gasteiger partial charge in [0.05, 0.1) is 21.1 Å². The number of rotatable bonds is 7. The molecule has 0 atom stereocenters. The Morgan fingerprint density at radius 1 is 1.22 bits per heavy atom. The first-order chi connectivity index (χ1) is 12.7.